The van der Waals surface area contributed by atoms with Crippen LogP contribution in [0.25, 0.3) is 10.9 Å². The molecule has 2 aromatic heterocycles. The van der Waals surface area contributed by atoms with E-state index in [-0.39, 0.29) is 17.9 Å². The number of ether oxygens (including phenoxy) is 2. The minimum atomic E-state index is -0.114. The maximum absolute atomic E-state index is 13.2. The monoisotopic (exact) mass is 436 g/mol. The standard InChI is InChI=1S/C24H28N4O4/c1-26(2)23(29)16-5-7-21-20(12-16)18(14-27(21)3)11-19-15-32-10-9-28(19)24(30)17-6-8-22(31-4)25-13-17/h5-8,12-14,19H,9-11,15H2,1-4H3/t19-/m0/s1. The van der Waals surface area contributed by atoms with E-state index in [9.17, 15) is 9.59 Å². The summed E-state index contributed by atoms with van der Waals surface area (Å²) in [5.74, 6) is 0.364. The van der Waals surface area contributed by atoms with Crippen molar-refractivity contribution in [2.24, 2.45) is 7.05 Å². The molecule has 1 aromatic carbocycles. The molecule has 0 spiro atoms. The number of rotatable bonds is 5. The van der Waals surface area contributed by atoms with Gasteiger partial charge in [0.2, 0.25) is 5.88 Å². The van der Waals surface area contributed by atoms with Gasteiger partial charge in [0.15, 0.2) is 0 Å². The van der Waals surface area contributed by atoms with E-state index < -0.39 is 0 Å². The van der Waals surface area contributed by atoms with Crippen molar-refractivity contribution in [3.05, 3.63) is 59.4 Å². The van der Waals surface area contributed by atoms with Crippen LogP contribution in [0.15, 0.2) is 42.7 Å². The molecule has 32 heavy (non-hydrogen) atoms. The fraction of sp³-hybridized carbons (Fsp3) is 0.375. The van der Waals surface area contributed by atoms with Crippen LogP contribution in [0.2, 0.25) is 0 Å². The zero-order valence-corrected chi connectivity index (χ0v) is 18.9. The highest BCUT2D eigenvalue weighted by Gasteiger charge is 2.29. The number of nitrogens with zero attached hydrogens (tertiary/aromatic N) is 4. The van der Waals surface area contributed by atoms with Crippen LogP contribution in [-0.4, -0.2) is 78.2 Å². The number of carbonyl (C=O) groups excluding carboxylic acids is 2. The summed E-state index contributed by atoms with van der Waals surface area (Å²) in [5.41, 5.74) is 3.29. The van der Waals surface area contributed by atoms with E-state index in [0.29, 0.717) is 43.2 Å². The Hall–Kier alpha value is -3.39. The molecule has 1 aliphatic heterocycles. The van der Waals surface area contributed by atoms with Crippen LogP contribution in [0.5, 0.6) is 5.88 Å². The predicted octanol–water partition coefficient (Wildman–Crippen LogP) is 2.37. The third-order valence-corrected chi connectivity index (χ3v) is 5.86. The van der Waals surface area contributed by atoms with Gasteiger partial charge in [0.1, 0.15) is 0 Å². The summed E-state index contributed by atoms with van der Waals surface area (Å²) in [6.07, 6.45) is 4.25. The molecule has 0 N–H and O–H groups in total. The van der Waals surface area contributed by atoms with E-state index in [0.717, 1.165) is 16.5 Å². The number of amides is 2. The Kier molecular flexibility index (Phi) is 6.14. The number of benzene rings is 1. The van der Waals surface area contributed by atoms with Crippen LogP contribution in [0, 0.1) is 0 Å². The number of hydrogen-bond acceptors (Lipinski definition) is 5. The summed E-state index contributed by atoms with van der Waals surface area (Å²) in [4.78, 5) is 33.3. The zero-order valence-electron chi connectivity index (χ0n) is 18.9. The van der Waals surface area contributed by atoms with Crippen molar-refractivity contribution in [1.29, 1.82) is 0 Å². The average molecular weight is 437 g/mol. The Morgan fingerprint density at radius 2 is 2.00 bits per heavy atom. The first-order valence-corrected chi connectivity index (χ1v) is 10.6. The summed E-state index contributed by atoms with van der Waals surface area (Å²) in [6.45, 7) is 1.48. The van der Waals surface area contributed by atoms with Crippen LogP contribution in [-0.2, 0) is 18.2 Å². The van der Waals surface area contributed by atoms with Crippen molar-refractivity contribution >= 4 is 22.7 Å². The SMILES string of the molecule is COc1ccc(C(=O)N2CCOC[C@@H]2Cc2cn(C)c3ccc(C(=O)N(C)C)cc23)cn1. The Morgan fingerprint density at radius 1 is 1.22 bits per heavy atom. The molecular weight excluding hydrogens is 408 g/mol. The van der Waals surface area contributed by atoms with Gasteiger partial charge in [-0.05, 0) is 36.2 Å². The zero-order chi connectivity index (χ0) is 22.8. The van der Waals surface area contributed by atoms with Gasteiger partial charge in [0, 0.05) is 62.6 Å². The van der Waals surface area contributed by atoms with Crippen LogP contribution < -0.4 is 4.74 Å². The molecule has 0 bridgehead atoms. The number of morpholine rings is 1. The highest BCUT2D eigenvalue weighted by Crippen LogP contribution is 2.26. The lowest BCUT2D eigenvalue weighted by Gasteiger charge is -2.35. The smallest absolute Gasteiger partial charge is 0.255 e. The molecule has 2 amide bonds. The van der Waals surface area contributed by atoms with E-state index >= 15 is 0 Å². The third kappa shape index (κ3) is 4.18. The molecule has 168 valence electrons. The molecule has 1 fully saturated rings. The van der Waals surface area contributed by atoms with Crippen LogP contribution in [0.4, 0.5) is 0 Å². The number of pyridine rings is 1. The van der Waals surface area contributed by atoms with Gasteiger partial charge in [0.05, 0.1) is 31.9 Å². The minimum absolute atomic E-state index is 0.0356. The molecule has 3 aromatic rings. The molecule has 4 rings (SSSR count). The largest absolute Gasteiger partial charge is 0.481 e. The highest BCUT2D eigenvalue weighted by atomic mass is 16.5. The van der Waals surface area contributed by atoms with Crippen molar-refractivity contribution in [2.75, 3.05) is 41.0 Å². The molecular formula is C24H28N4O4. The molecule has 1 aliphatic rings. The third-order valence-electron chi connectivity index (χ3n) is 5.86. The minimum Gasteiger partial charge on any atom is -0.481 e. The van der Waals surface area contributed by atoms with Gasteiger partial charge >= 0.3 is 0 Å². The molecule has 1 atom stereocenters. The van der Waals surface area contributed by atoms with Gasteiger partial charge in [-0.25, -0.2) is 4.98 Å². The van der Waals surface area contributed by atoms with Crippen molar-refractivity contribution in [3.8, 4) is 5.88 Å². The van der Waals surface area contributed by atoms with E-state index in [2.05, 4.69) is 15.7 Å². The normalized spacial score (nSPS) is 16.2. The number of aromatic nitrogens is 2. The molecule has 3 heterocycles. The fourth-order valence-corrected chi connectivity index (χ4v) is 4.17. The lowest BCUT2D eigenvalue weighted by molar-refractivity contribution is -0.00158. The first-order valence-electron chi connectivity index (χ1n) is 10.6. The molecule has 0 radical (unpaired) electrons. The van der Waals surface area contributed by atoms with Crippen molar-refractivity contribution in [2.45, 2.75) is 12.5 Å². The van der Waals surface area contributed by atoms with E-state index in [1.807, 2.05) is 30.1 Å². The van der Waals surface area contributed by atoms with E-state index in [4.69, 9.17) is 9.47 Å². The Labute approximate surface area is 187 Å². The molecule has 0 aliphatic carbocycles. The molecule has 8 heteroatoms. The summed E-state index contributed by atoms with van der Waals surface area (Å²) in [5, 5.41) is 1.02. The predicted molar refractivity (Wildman–Crippen MR) is 121 cm³/mol. The second-order valence-electron chi connectivity index (χ2n) is 8.22. The fourth-order valence-electron chi connectivity index (χ4n) is 4.17. The molecule has 1 saturated heterocycles. The maximum Gasteiger partial charge on any atom is 0.255 e. The summed E-state index contributed by atoms with van der Waals surface area (Å²) in [6, 6.07) is 9.07. The summed E-state index contributed by atoms with van der Waals surface area (Å²) in [7, 11) is 7.02. The van der Waals surface area contributed by atoms with Gasteiger partial charge in [-0.15, -0.1) is 0 Å². The van der Waals surface area contributed by atoms with Gasteiger partial charge in [0.25, 0.3) is 11.8 Å². The van der Waals surface area contributed by atoms with Crippen molar-refractivity contribution in [1.82, 2.24) is 19.4 Å². The van der Waals surface area contributed by atoms with Gasteiger partial charge < -0.3 is 23.8 Å². The lowest BCUT2D eigenvalue weighted by Crippen LogP contribution is -2.49. The first kappa shape index (κ1) is 21.8. The maximum atomic E-state index is 13.2. The van der Waals surface area contributed by atoms with E-state index in [1.54, 1.807) is 44.4 Å². The number of hydrogen-bond donors (Lipinski definition) is 0. The average Bonchev–Trinajstić information content (AvgIpc) is 3.13. The molecule has 0 unspecified atom stereocenters. The van der Waals surface area contributed by atoms with Gasteiger partial charge in [-0.3, -0.25) is 9.59 Å². The Bertz CT molecular complexity index is 1140. The van der Waals surface area contributed by atoms with Gasteiger partial charge in [-0.2, -0.15) is 0 Å². The molecule has 0 saturated carbocycles. The Balaban J connectivity index is 1.63. The number of aryl methyl sites for hydroxylation is 1. The van der Waals surface area contributed by atoms with E-state index in [1.165, 1.54) is 0 Å². The van der Waals surface area contributed by atoms with Crippen molar-refractivity contribution < 1.29 is 19.1 Å². The number of methoxy groups -OCH3 is 1. The highest BCUT2D eigenvalue weighted by molar-refractivity contribution is 5.99. The first-order chi connectivity index (χ1) is 15.4. The topological polar surface area (TPSA) is 76.9 Å². The quantitative estimate of drug-likeness (QED) is 0.614. The second kappa shape index (κ2) is 9.00. The van der Waals surface area contributed by atoms with Gasteiger partial charge in [-0.1, -0.05) is 0 Å². The number of carbonyl (C=O) groups is 2. The van der Waals surface area contributed by atoms with Crippen molar-refractivity contribution in [3.63, 3.8) is 0 Å². The number of fused-ring (bicyclic) bond motifs is 1. The van der Waals surface area contributed by atoms with Crippen LogP contribution in [0.1, 0.15) is 26.3 Å². The summed E-state index contributed by atoms with van der Waals surface area (Å²) >= 11 is 0. The molecule has 8 nitrogen and oxygen atoms in total. The Morgan fingerprint density at radius 3 is 2.69 bits per heavy atom. The van der Waals surface area contributed by atoms with Crippen LogP contribution >= 0.6 is 0 Å². The summed E-state index contributed by atoms with van der Waals surface area (Å²) < 4.78 is 12.9. The van der Waals surface area contributed by atoms with Crippen LogP contribution in [0.3, 0.4) is 0 Å². The second-order valence-corrected chi connectivity index (χ2v) is 8.22. The lowest BCUT2D eigenvalue weighted by atomic mass is 10.0.